The van der Waals surface area contributed by atoms with Gasteiger partial charge in [0.05, 0.1) is 12.6 Å². The number of carbonyl (C=O) groups excluding carboxylic acids is 1. The monoisotopic (exact) mass is 471 g/mol. The van der Waals surface area contributed by atoms with Gasteiger partial charge in [0, 0.05) is 25.7 Å². The molecule has 0 bridgehead atoms. The number of alkyl halides is 1. The number of amides is 2. The summed E-state index contributed by atoms with van der Waals surface area (Å²) in [6.07, 6.45) is 1.32. The summed E-state index contributed by atoms with van der Waals surface area (Å²) in [6, 6.07) is 12.8. The Bertz CT molecular complexity index is 936. The van der Waals surface area contributed by atoms with E-state index in [1.165, 1.54) is 12.1 Å². The summed E-state index contributed by atoms with van der Waals surface area (Å²) in [5.41, 5.74) is 1.72. The lowest BCUT2D eigenvalue weighted by atomic mass is 9.93. The molecule has 1 N–H and O–H groups in total. The highest BCUT2D eigenvalue weighted by atomic mass is 19.1. The molecule has 4 rings (SSSR count). The van der Waals surface area contributed by atoms with Crippen molar-refractivity contribution in [1.29, 1.82) is 0 Å². The van der Waals surface area contributed by atoms with Gasteiger partial charge in [-0.05, 0) is 67.1 Å². The van der Waals surface area contributed by atoms with Gasteiger partial charge in [0.1, 0.15) is 17.7 Å². The molecule has 0 spiro atoms. The van der Waals surface area contributed by atoms with Gasteiger partial charge in [-0.15, -0.1) is 0 Å². The molecule has 0 saturated carbocycles. The number of nitrogens with zero attached hydrogens (tertiary/aromatic N) is 2. The predicted molar refractivity (Wildman–Crippen MR) is 129 cm³/mol. The van der Waals surface area contributed by atoms with Crippen molar-refractivity contribution in [3.63, 3.8) is 0 Å². The molecule has 0 unspecified atom stereocenters. The van der Waals surface area contributed by atoms with Crippen molar-refractivity contribution in [3.8, 4) is 5.75 Å². The van der Waals surface area contributed by atoms with Gasteiger partial charge in [-0.3, -0.25) is 4.90 Å². The molecule has 184 valence electrons. The summed E-state index contributed by atoms with van der Waals surface area (Å²) in [6.45, 7) is 7.15. The average molecular weight is 472 g/mol. The molecule has 2 fully saturated rings. The Labute approximate surface area is 201 Å². The molecule has 2 heterocycles. The lowest BCUT2D eigenvalue weighted by Gasteiger charge is -2.43. The normalized spacial score (nSPS) is 22.4. The number of ether oxygens (including phenoxy) is 1. The Morgan fingerprint density at radius 2 is 1.79 bits per heavy atom. The number of nitrogens with one attached hydrogen (secondary N) is 1. The maximum Gasteiger partial charge on any atom is 0.318 e. The third kappa shape index (κ3) is 6.06. The van der Waals surface area contributed by atoms with Crippen molar-refractivity contribution in [2.75, 3.05) is 19.7 Å². The van der Waals surface area contributed by atoms with Crippen LogP contribution in [0.2, 0.25) is 0 Å². The Morgan fingerprint density at radius 1 is 1.09 bits per heavy atom. The first kappa shape index (κ1) is 24.5. The third-order valence-corrected chi connectivity index (χ3v) is 6.74. The lowest BCUT2D eigenvalue weighted by molar-refractivity contribution is 0.0200. The van der Waals surface area contributed by atoms with Crippen molar-refractivity contribution in [2.45, 2.75) is 64.5 Å². The van der Waals surface area contributed by atoms with Gasteiger partial charge in [0.2, 0.25) is 0 Å². The quantitative estimate of drug-likeness (QED) is 0.579. The standard InChI is InChI=1S/C27H35F2N3O2/c1-19(2)18-34-23-11-7-20(8-12-23)16-30-27(33)32(17-21-5-9-22(28)10-6-21)25-13-15-31-14-3-4-24(31)26(25)29/h5-12,19,24-26H,3-4,13-18H2,1-2H3,(H,30,33)/t24-,25+,26+/m0/s1. The van der Waals surface area contributed by atoms with E-state index < -0.39 is 12.2 Å². The highest BCUT2D eigenvalue weighted by Gasteiger charge is 2.44. The van der Waals surface area contributed by atoms with E-state index in [4.69, 9.17) is 4.74 Å². The van der Waals surface area contributed by atoms with Crippen molar-refractivity contribution in [2.24, 2.45) is 5.92 Å². The van der Waals surface area contributed by atoms with Crippen LogP contribution in [0.25, 0.3) is 0 Å². The van der Waals surface area contributed by atoms with Gasteiger partial charge in [0.15, 0.2) is 0 Å². The second kappa shape index (κ2) is 11.2. The molecule has 2 aromatic rings. The summed E-state index contributed by atoms with van der Waals surface area (Å²) >= 11 is 0. The van der Waals surface area contributed by atoms with Crippen LogP contribution >= 0.6 is 0 Å². The molecule has 34 heavy (non-hydrogen) atoms. The molecule has 2 saturated heterocycles. The highest BCUT2D eigenvalue weighted by molar-refractivity contribution is 5.74. The van der Waals surface area contributed by atoms with Crippen molar-refractivity contribution in [3.05, 3.63) is 65.5 Å². The molecule has 5 nitrogen and oxygen atoms in total. The molecule has 0 aliphatic carbocycles. The van der Waals surface area contributed by atoms with Crippen LogP contribution in [0.15, 0.2) is 48.5 Å². The maximum atomic E-state index is 15.6. The van der Waals surface area contributed by atoms with Gasteiger partial charge in [0.25, 0.3) is 0 Å². The van der Waals surface area contributed by atoms with Crippen LogP contribution in [0.1, 0.15) is 44.2 Å². The van der Waals surface area contributed by atoms with Crippen LogP contribution in [0.3, 0.4) is 0 Å². The van der Waals surface area contributed by atoms with Crippen LogP contribution in [0.4, 0.5) is 13.6 Å². The predicted octanol–water partition coefficient (Wildman–Crippen LogP) is 5.15. The third-order valence-electron chi connectivity index (χ3n) is 6.74. The molecule has 2 aliphatic rings. The lowest BCUT2D eigenvalue weighted by Crippen LogP contribution is -2.58. The van der Waals surface area contributed by atoms with Crippen molar-refractivity contribution < 1.29 is 18.3 Å². The molecule has 7 heteroatoms. The summed E-state index contributed by atoms with van der Waals surface area (Å²) in [5, 5.41) is 2.97. The number of benzene rings is 2. The van der Waals surface area contributed by atoms with Gasteiger partial charge in [-0.2, -0.15) is 0 Å². The van der Waals surface area contributed by atoms with Gasteiger partial charge in [-0.1, -0.05) is 38.1 Å². The SMILES string of the molecule is CC(C)COc1ccc(CNC(=O)N(Cc2ccc(F)cc2)[C@@H]2CCN3CCC[C@H]3[C@H]2F)cc1. The topological polar surface area (TPSA) is 44.8 Å². The fraction of sp³-hybridized carbons (Fsp3) is 0.519. The highest BCUT2D eigenvalue weighted by Crippen LogP contribution is 2.32. The van der Waals surface area contributed by atoms with E-state index in [-0.39, 0.29) is 24.4 Å². The number of piperidine rings is 1. The number of hydrogen-bond acceptors (Lipinski definition) is 3. The van der Waals surface area contributed by atoms with E-state index in [9.17, 15) is 9.18 Å². The Morgan fingerprint density at radius 3 is 2.50 bits per heavy atom. The number of hydrogen-bond donors (Lipinski definition) is 1. The van der Waals surface area contributed by atoms with E-state index in [1.807, 2.05) is 24.3 Å². The van der Waals surface area contributed by atoms with Crippen LogP contribution in [-0.2, 0) is 13.1 Å². The second-order valence-electron chi connectivity index (χ2n) is 9.81. The van der Waals surface area contributed by atoms with E-state index in [0.29, 0.717) is 25.5 Å². The largest absolute Gasteiger partial charge is 0.493 e. The molecular weight excluding hydrogens is 436 g/mol. The van der Waals surface area contributed by atoms with Crippen LogP contribution in [0, 0.1) is 11.7 Å². The molecule has 2 aliphatic heterocycles. The Kier molecular flexibility index (Phi) is 8.03. The maximum absolute atomic E-state index is 15.6. The van der Waals surface area contributed by atoms with E-state index >= 15 is 4.39 Å². The molecule has 2 aromatic carbocycles. The Balaban J connectivity index is 1.43. The molecule has 2 amide bonds. The zero-order chi connectivity index (χ0) is 24.1. The van der Waals surface area contributed by atoms with E-state index in [1.54, 1.807) is 17.0 Å². The number of urea groups is 1. The summed E-state index contributed by atoms with van der Waals surface area (Å²) in [5.74, 6) is 0.912. The fourth-order valence-electron chi connectivity index (χ4n) is 4.90. The molecule has 0 radical (unpaired) electrons. The Hall–Kier alpha value is -2.67. The second-order valence-corrected chi connectivity index (χ2v) is 9.81. The van der Waals surface area contributed by atoms with Gasteiger partial charge in [-0.25, -0.2) is 13.6 Å². The molecule has 3 atom stereocenters. The smallest absolute Gasteiger partial charge is 0.318 e. The summed E-state index contributed by atoms with van der Waals surface area (Å²) in [7, 11) is 0. The summed E-state index contributed by atoms with van der Waals surface area (Å²) in [4.78, 5) is 17.1. The first-order chi connectivity index (χ1) is 16.4. The van der Waals surface area contributed by atoms with Crippen LogP contribution < -0.4 is 10.1 Å². The minimum Gasteiger partial charge on any atom is -0.493 e. The number of rotatable bonds is 8. The van der Waals surface area contributed by atoms with E-state index in [0.717, 1.165) is 42.8 Å². The number of fused-ring (bicyclic) bond motifs is 1. The number of carbonyl (C=O) groups is 1. The first-order valence-corrected chi connectivity index (χ1v) is 12.3. The average Bonchev–Trinajstić information content (AvgIpc) is 3.32. The minimum atomic E-state index is -1.10. The first-order valence-electron chi connectivity index (χ1n) is 12.3. The zero-order valence-electron chi connectivity index (χ0n) is 20.1. The van der Waals surface area contributed by atoms with Gasteiger partial charge >= 0.3 is 6.03 Å². The van der Waals surface area contributed by atoms with E-state index in [2.05, 4.69) is 24.1 Å². The minimum absolute atomic E-state index is 0.124. The van der Waals surface area contributed by atoms with Crippen LogP contribution in [0.5, 0.6) is 5.75 Å². The fourth-order valence-corrected chi connectivity index (χ4v) is 4.90. The molecular formula is C27H35F2N3O2. The molecule has 0 aromatic heterocycles. The van der Waals surface area contributed by atoms with Crippen molar-refractivity contribution in [1.82, 2.24) is 15.1 Å². The van der Waals surface area contributed by atoms with Crippen LogP contribution in [-0.4, -0.2) is 53.8 Å². The summed E-state index contributed by atoms with van der Waals surface area (Å²) < 4.78 is 34.7. The van der Waals surface area contributed by atoms with Gasteiger partial charge < -0.3 is 15.0 Å². The number of halogens is 2. The zero-order valence-corrected chi connectivity index (χ0v) is 20.1. The van der Waals surface area contributed by atoms with Crippen molar-refractivity contribution >= 4 is 6.03 Å².